The average Bonchev–Trinajstić information content (AvgIpc) is 2.78. The van der Waals surface area contributed by atoms with E-state index in [2.05, 4.69) is 16.0 Å². The van der Waals surface area contributed by atoms with E-state index < -0.39 is 54.3 Å². The van der Waals surface area contributed by atoms with Crippen molar-refractivity contribution in [1.82, 2.24) is 16.0 Å². The van der Waals surface area contributed by atoms with E-state index in [4.69, 9.17) is 15.9 Å². The van der Waals surface area contributed by atoms with Crippen molar-refractivity contribution in [2.24, 2.45) is 11.7 Å². The zero-order chi connectivity index (χ0) is 25.0. The largest absolute Gasteiger partial charge is 0.481 e. The summed E-state index contributed by atoms with van der Waals surface area (Å²) in [5.74, 6) is -4.62. The Morgan fingerprint density at radius 1 is 0.939 bits per heavy atom. The fourth-order valence-electron chi connectivity index (χ4n) is 2.98. The minimum absolute atomic E-state index is 0.103. The molecule has 7 N–H and O–H groups in total. The predicted molar refractivity (Wildman–Crippen MR) is 119 cm³/mol. The first-order chi connectivity index (χ1) is 15.5. The summed E-state index contributed by atoms with van der Waals surface area (Å²) >= 11 is 0. The molecule has 0 bridgehead atoms. The number of carbonyl (C=O) groups is 5. The van der Waals surface area contributed by atoms with Crippen LogP contribution in [0.5, 0.6) is 0 Å². The van der Waals surface area contributed by atoms with Gasteiger partial charge in [-0.05, 0) is 17.9 Å². The molecule has 0 radical (unpaired) electrons. The van der Waals surface area contributed by atoms with Gasteiger partial charge in [-0.15, -0.1) is 0 Å². The lowest BCUT2D eigenvalue weighted by Crippen LogP contribution is -2.58. The molecule has 11 heteroatoms. The lowest BCUT2D eigenvalue weighted by molar-refractivity contribution is -0.139. The quantitative estimate of drug-likeness (QED) is 0.215. The van der Waals surface area contributed by atoms with Crippen LogP contribution in [0.4, 0.5) is 0 Å². The first-order valence-electron chi connectivity index (χ1n) is 10.7. The number of carboxylic acid groups (broad SMARTS) is 2. The lowest BCUT2D eigenvalue weighted by Gasteiger charge is -2.27. The van der Waals surface area contributed by atoms with Gasteiger partial charge in [0.05, 0.1) is 6.04 Å². The van der Waals surface area contributed by atoms with Crippen LogP contribution in [-0.2, 0) is 30.4 Å². The Hall–Kier alpha value is -3.47. The molecule has 33 heavy (non-hydrogen) atoms. The van der Waals surface area contributed by atoms with Gasteiger partial charge in [-0.3, -0.25) is 24.0 Å². The molecule has 4 unspecified atom stereocenters. The molecule has 1 aromatic carbocycles. The molecule has 3 amide bonds. The van der Waals surface area contributed by atoms with E-state index in [0.29, 0.717) is 6.42 Å². The van der Waals surface area contributed by atoms with Crippen molar-refractivity contribution in [1.29, 1.82) is 0 Å². The predicted octanol–water partition coefficient (Wildman–Crippen LogP) is -0.362. The van der Waals surface area contributed by atoms with Crippen LogP contribution >= 0.6 is 0 Å². The van der Waals surface area contributed by atoms with E-state index >= 15 is 0 Å². The Kier molecular flexibility index (Phi) is 11.6. The van der Waals surface area contributed by atoms with Gasteiger partial charge < -0.3 is 31.9 Å². The van der Waals surface area contributed by atoms with E-state index in [1.807, 2.05) is 6.92 Å². The zero-order valence-corrected chi connectivity index (χ0v) is 18.7. The molecule has 1 rings (SSSR count). The van der Waals surface area contributed by atoms with Crippen LogP contribution in [0.2, 0.25) is 0 Å². The van der Waals surface area contributed by atoms with Gasteiger partial charge in [0.2, 0.25) is 17.7 Å². The Morgan fingerprint density at radius 3 is 2.12 bits per heavy atom. The summed E-state index contributed by atoms with van der Waals surface area (Å²) in [5, 5.41) is 25.0. The minimum Gasteiger partial charge on any atom is -0.481 e. The van der Waals surface area contributed by atoms with Gasteiger partial charge in [0, 0.05) is 12.8 Å². The fraction of sp³-hybridized carbons (Fsp3) is 0.500. The number of hydrogen-bond acceptors (Lipinski definition) is 6. The summed E-state index contributed by atoms with van der Waals surface area (Å²) in [6.45, 7) is 2.96. The van der Waals surface area contributed by atoms with Crippen LogP contribution in [0.25, 0.3) is 0 Å². The smallest absolute Gasteiger partial charge is 0.322 e. The number of carbonyl (C=O) groups excluding carboxylic acids is 3. The molecule has 0 aliphatic heterocycles. The topological polar surface area (TPSA) is 188 Å². The molecule has 0 heterocycles. The van der Waals surface area contributed by atoms with Crippen molar-refractivity contribution < 1.29 is 34.2 Å². The Balaban J connectivity index is 3.02. The molecule has 0 aromatic heterocycles. The van der Waals surface area contributed by atoms with Crippen LogP contribution in [0.1, 0.15) is 38.7 Å². The van der Waals surface area contributed by atoms with Crippen LogP contribution < -0.4 is 21.7 Å². The number of carboxylic acids is 2. The van der Waals surface area contributed by atoms with E-state index in [-0.39, 0.29) is 25.2 Å². The van der Waals surface area contributed by atoms with E-state index in [1.54, 1.807) is 37.3 Å². The molecule has 0 spiro atoms. The first kappa shape index (κ1) is 27.6. The van der Waals surface area contributed by atoms with Crippen LogP contribution in [0.15, 0.2) is 30.3 Å². The maximum absolute atomic E-state index is 13.1. The molecule has 0 aliphatic rings. The second kappa shape index (κ2) is 13.8. The summed E-state index contributed by atoms with van der Waals surface area (Å²) in [5.41, 5.74) is 6.51. The summed E-state index contributed by atoms with van der Waals surface area (Å²) in [6, 6.07) is 5.64. The van der Waals surface area contributed by atoms with Crippen LogP contribution in [0, 0.1) is 5.92 Å². The number of hydrogen-bond donors (Lipinski definition) is 6. The number of nitrogens with one attached hydrogen (secondary N) is 3. The SMILES string of the molecule is CCC(C)C(NC(=O)C(Cc1ccccc1)NC(=O)C(N)CCC(=O)O)C(=O)NCC(=O)O. The van der Waals surface area contributed by atoms with Gasteiger partial charge in [-0.2, -0.15) is 0 Å². The zero-order valence-electron chi connectivity index (χ0n) is 18.7. The van der Waals surface area contributed by atoms with Gasteiger partial charge in [-0.25, -0.2) is 0 Å². The first-order valence-corrected chi connectivity index (χ1v) is 10.7. The number of aliphatic carboxylic acids is 2. The van der Waals surface area contributed by atoms with E-state index in [1.165, 1.54) is 0 Å². The summed E-state index contributed by atoms with van der Waals surface area (Å²) in [4.78, 5) is 59.6. The Labute approximate surface area is 192 Å². The molecule has 1 aromatic rings. The maximum atomic E-state index is 13.1. The number of benzene rings is 1. The number of rotatable bonds is 14. The molecule has 11 nitrogen and oxygen atoms in total. The molecule has 0 fully saturated rings. The second-order valence-corrected chi connectivity index (χ2v) is 7.77. The summed E-state index contributed by atoms with van der Waals surface area (Å²) in [6.07, 6.45) is 0.229. The highest BCUT2D eigenvalue weighted by Crippen LogP contribution is 2.10. The summed E-state index contributed by atoms with van der Waals surface area (Å²) < 4.78 is 0. The third-order valence-corrected chi connectivity index (χ3v) is 5.13. The highest BCUT2D eigenvalue weighted by molar-refractivity contribution is 5.94. The minimum atomic E-state index is -1.22. The third-order valence-electron chi connectivity index (χ3n) is 5.13. The van der Waals surface area contributed by atoms with E-state index in [9.17, 15) is 24.0 Å². The van der Waals surface area contributed by atoms with Crippen LogP contribution in [0.3, 0.4) is 0 Å². The van der Waals surface area contributed by atoms with Crippen LogP contribution in [-0.4, -0.2) is 64.5 Å². The van der Waals surface area contributed by atoms with E-state index in [0.717, 1.165) is 5.56 Å². The molecule has 0 saturated heterocycles. The van der Waals surface area contributed by atoms with Gasteiger partial charge in [0.15, 0.2) is 0 Å². The van der Waals surface area contributed by atoms with Crippen molar-refractivity contribution >= 4 is 29.7 Å². The van der Waals surface area contributed by atoms with Gasteiger partial charge in [-0.1, -0.05) is 50.6 Å². The second-order valence-electron chi connectivity index (χ2n) is 7.77. The summed E-state index contributed by atoms with van der Waals surface area (Å²) in [7, 11) is 0. The molecule has 182 valence electrons. The normalized spacial score (nSPS) is 14.3. The van der Waals surface area contributed by atoms with Crippen molar-refractivity contribution in [3.63, 3.8) is 0 Å². The average molecular weight is 465 g/mol. The number of amides is 3. The molecular formula is C22H32N4O7. The molecule has 0 aliphatic carbocycles. The van der Waals surface area contributed by atoms with Gasteiger partial charge >= 0.3 is 11.9 Å². The number of nitrogens with two attached hydrogens (primary N) is 1. The standard InChI is InChI=1S/C22H32N4O7/c1-3-13(2)19(22(33)24-12-18(29)30)26-21(32)16(11-14-7-5-4-6-8-14)25-20(31)15(23)9-10-17(27)28/h4-8,13,15-16,19H,3,9-12,23H2,1-2H3,(H,24,33)(H,25,31)(H,26,32)(H,27,28)(H,29,30). The van der Waals surface area contributed by atoms with Crippen molar-refractivity contribution in [2.45, 2.75) is 57.7 Å². The highest BCUT2D eigenvalue weighted by Gasteiger charge is 2.31. The monoisotopic (exact) mass is 464 g/mol. The van der Waals surface area contributed by atoms with Gasteiger partial charge in [0.25, 0.3) is 0 Å². The fourth-order valence-corrected chi connectivity index (χ4v) is 2.98. The van der Waals surface area contributed by atoms with Crippen molar-refractivity contribution in [2.75, 3.05) is 6.54 Å². The third kappa shape index (κ3) is 10.1. The Morgan fingerprint density at radius 2 is 1.58 bits per heavy atom. The Bertz CT molecular complexity index is 831. The molecule has 4 atom stereocenters. The molecule has 0 saturated carbocycles. The lowest BCUT2D eigenvalue weighted by atomic mass is 9.97. The van der Waals surface area contributed by atoms with Crippen molar-refractivity contribution in [3.05, 3.63) is 35.9 Å². The van der Waals surface area contributed by atoms with Crippen molar-refractivity contribution in [3.8, 4) is 0 Å². The highest BCUT2D eigenvalue weighted by atomic mass is 16.4. The van der Waals surface area contributed by atoms with Gasteiger partial charge in [0.1, 0.15) is 18.6 Å². The maximum Gasteiger partial charge on any atom is 0.322 e. The molecular weight excluding hydrogens is 432 g/mol.